The second kappa shape index (κ2) is 2.78. The lowest BCUT2D eigenvalue weighted by Crippen LogP contribution is -2.03. The molecule has 8 heavy (non-hydrogen) atoms. The fourth-order valence-corrected chi connectivity index (χ4v) is 0.591. The molecule has 0 aromatic carbocycles. The summed E-state index contributed by atoms with van der Waals surface area (Å²) in [5.74, 6) is -0.476. The van der Waals surface area contributed by atoms with Crippen molar-refractivity contribution < 1.29 is 17.8 Å². The summed E-state index contributed by atoms with van der Waals surface area (Å²) >= 11 is 0. The van der Waals surface area contributed by atoms with E-state index in [1.54, 1.807) is 0 Å². The van der Waals surface area contributed by atoms with E-state index >= 15 is 0 Å². The highest BCUT2D eigenvalue weighted by Gasteiger charge is 2.00. The first-order chi connectivity index (χ1) is 3.56. The Balaban J connectivity index is 3.57. The van der Waals surface area contributed by atoms with Crippen LogP contribution in [-0.4, -0.2) is 25.0 Å². The Hall–Kier alpha value is -0.420. The van der Waals surface area contributed by atoms with Crippen molar-refractivity contribution in [3.05, 3.63) is 0 Å². The van der Waals surface area contributed by atoms with E-state index in [0.717, 1.165) is 0 Å². The van der Waals surface area contributed by atoms with E-state index in [4.69, 9.17) is 4.55 Å². The lowest BCUT2D eigenvalue weighted by molar-refractivity contribution is -0.107. The summed E-state index contributed by atoms with van der Waals surface area (Å²) < 4.78 is 27.5. The van der Waals surface area contributed by atoms with Crippen LogP contribution in [0.2, 0.25) is 0 Å². The van der Waals surface area contributed by atoms with Gasteiger partial charge < -0.3 is 4.79 Å². The Morgan fingerprint density at radius 2 is 2.00 bits per heavy atom. The molecule has 48 valence electrons. The van der Waals surface area contributed by atoms with E-state index in [1.165, 1.54) is 0 Å². The number of hydrogen-bond acceptors (Lipinski definition) is 3. The molecule has 0 saturated carbocycles. The molecule has 0 unspecified atom stereocenters. The van der Waals surface area contributed by atoms with Crippen LogP contribution in [-0.2, 0) is 14.9 Å². The number of aldehydes is 1. The Bertz CT molecular complexity index is 156. The molecule has 0 aromatic rings. The molecule has 0 spiro atoms. The average Bonchev–Trinajstić information content (AvgIpc) is 1.59. The number of rotatable bonds is 3. The van der Waals surface area contributed by atoms with Gasteiger partial charge in [-0.15, -0.1) is 0 Å². The van der Waals surface area contributed by atoms with Gasteiger partial charge >= 0.3 is 0 Å². The molecule has 0 saturated heterocycles. The van der Waals surface area contributed by atoms with Crippen LogP contribution < -0.4 is 0 Å². The largest absolute Gasteiger partial charge is 0.303 e. The monoisotopic (exact) mass is 138 g/mol. The first kappa shape index (κ1) is 7.58. The second-order valence-corrected chi connectivity index (χ2v) is 2.81. The average molecular weight is 138 g/mol. The van der Waals surface area contributed by atoms with Crippen LogP contribution in [0.4, 0.5) is 0 Å². The van der Waals surface area contributed by atoms with Crippen LogP contribution in [0.5, 0.6) is 0 Å². The summed E-state index contributed by atoms with van der Waals surface area (Å²) in [7, 11) is -3.92. The van der Waals surface area contributed by atoms with E-state index in [2.05, 4.69) is 0 Å². The van der Waals surface area contributed by atoms with E-state index < -0.39 is 15.9 Å². The molecule has 0 bridgehead atoms. The van der Waals surface area contributed by atoms with Gasteiger partial charge in [-0.05, 0) is 0 Å². The molecule has 0 heterocycles. The van der Waals surface area contributed by atoms with Gasteiger partial charge in [0.25, 0.3) is 10.1 Å². The van der Waals surface area contributed by atoms with Gasteiger partial charge in [0.1, 0.15) is 6.29 Å². The van der Waals surface area contributed by atoms with Crippen LogP contribution in [0.1, 0.15) is 6.42 Å². The van der Waals surface area contributed by atoms with E-state index in [-0.39, 0.29) is 6.42 Å². The number of carbonyl (C=O) groups is 1. The summed E-state index contributed by atoms with van der Waals surface area (Å²) in [5, 5.41) is 0. The maximum absolute atomic E-state index is 9.79. The van der Waals surface area contributed by atoms with Crippen LogP contribution in [0.3, 0.4) is 0 Å². The van der Waals surface area contributed by atoms with Crippen LogP contribution in [0.25, 0.3) is 0 Å². The zero-order chi connectivity index (χ0) is 6.62. The third kappa shape index (κ3) is 5.58. The predicted octanol–water partition coefficient (Wildman–Crippen LogP) is -0.537. The van der Waals surface area contributed by atoms with Crippen molar-refractivity contribution >= 4 is 16.4 Å². The standard InChI is InChI=1S/C3H6O4S/c4-2-1-3-8(5,6)7/h2H,1,3H2,(H,5,6,7). The Kier molecular flexibility index (Phi) is 2.64. The molecule has 5 heteroatoms. The van der Waals surface area contributed by atoms with E-state index in [0.29, 0.717) is 6.29 Å². The van der Waals surface area contributed by atoms with E-state index in [1.807, 2.05) is 0 Å². The minimum absolute atomic E-state index is 0.140. The quantitative estimate of drug-likeness (QED) is 0.420. The van der Waals surface area contributed by atoms with Crippen molar-refractivity contribution in [2.75, 3.05) is 5.75 Å². The molecule has 0 aliphatic rings. The lowest BCUT2D eigenvalue weighted by Gasteiger charge is -1.85. The van der Waals surface area contributed by atoms with Crippen LogP contribution >= 0.6 is 0 Å². The molecule has 0 aliphatic carbocycles. The topological polar surface area (TPSA) is 71.4 Å². The van der Waals surface area contributed by atoms with Crippen molar-refractivity contribution in [3.63, 3.8) is 0 Å². The normalized spacial score (nSPS) is 11.1. The molecular weight excluding hydrogens is 132 g/mol. The fraction of sp³-hybridized carbons (Fsp3) is 0.667. The third-order valence-electron chi connectivity index (χ3n) is 0.494. The molecule has 4 nitrogen and oxygen atoms in total. The van der Waals surface area contributed by atoms with Crippen LogP contribution in [0.15, 0.2) is 0 Å². The molecule has 0 atom stereocenters. The predicted molar refractivity (Wildman–Crippen MR) is 27.1 cm³/mol. The highest BCUT2D eigenvalue weighted by atomic mass is 32.2. The first-order valence-corrected chi connectivity index (χ1v) is 3.56. The van der Waals surface area contributed by atoms with Crippen LogP contribution in [0, 0.1) is 0 Å². The highest BCUT2D eigenvalue weighted by Crippen LogP contribution is 1.82. The van der Waals surface area contributed by atoms with Gasteiger partial charge in [-0.2, -0.15) is 8.42 Å². The first-order valence-electron chi connectivity index (χ1n) is 1.95. The molecule has 0 fully saturated rings. The molecular formula is C3H6O4S. The van der Waals surface area contributed by atoms with Gasteiger partial charge in [0.2, 0.25) is 0 Å². The Labute approximate surface area is 47.3 Å². The number of hydrogen-bond donors (Lipinski definition) is 1. The maximum atomic E-state index is 9.79. The smallest absolute Gasteiger partial charge is 0.265 e. The molecule has 0 aliphatic heterocycles. The van der Waals surface area contributed by atoms with Gasteiger partial charge in [-0.25, -0.2) is 0 Å². The third-order valence-corrected chi connectivity index (χ3v) is 1.25. The molecule has 0 aromatic heterocycles. The van der Waals surface area contributed by atoms with Gasteiger partial charge in [0.05, 0.1) is 5.75 Å². The number of carbonyl (C=O) groups excluding carboxylic acids is 1. The zero-order valence-electron chi connectivity index (χ0n) is 4.07. The fourth-order valence-electron chi connectivity index (χ4n) is 0.197. The lowest BCUT2D eigenvalue weighted by atomic mass is 10.6. The molecule has 0 rings (SSSR count). The Morgan fingerprint density at radius 1 is 1.50 bits per heavy atom. The minimum atomic E-state index is -3.92. The highest BCUT2D eigenvalue weighted by molar-refractivity contribution is 7.85. The van der Waals surface area contributed by atoms with Gasteiger partial charge in [0, 0.05) is 6.42 Å². The summed E-state index contributed by atoms with van der Waals surface area (Å²) in [6.07, 6.45) is 0.298. The van der Waals surface area contributed by atoms with Crippen molar-refractivity contribution in [1.82, 2.24) is 0 Å². The minimum Gasteiger partial charge on any atom is -0.303 e. The maximum Gasteiger partial charge on any atom is 0.265 e. The van der Waals surface area contributed by atoms with E-state index in [9.17, 15) is 13.2 Å². The zero-order valence-corrected chi connectivity index (χ0v) is 4.89. The molecule has 1 N–H and O–H groups in total. The SMILES string of the molecule is O=CCCS(=O)(=O)O. The van der Waals surface area contributed by atoms with Crippen molar-refractivity contribution in [3.8, 4) is 0 Å². The molecule has 0 amide bonds. The summed E-state index contributed by atoms with van der Waals surface area (Å²) in [4.78, 5) is 9.48. The van der Waals surface area contributed by atoms with Crippen molar-refractivity contribution in [2.45, 2.75) is 6.42 Å². The van der Waals surface area contributed by atoms with Gasteiger partial charge in [-0.1, -0.05) is 0 Å². The Morgan fingerprint density at radius 3 is 2.12 bits per heavy atom. The van der Waals surface area contributed by atoms with Gasteiger partial charge in [0.15, 0.2) is 0 Å². The summed E-state index contributed by atoms with van der Waals surface area (Å²) in [6.45, 7) is 0. The summed E-state index contributed by atoms with van der Waals surface area (Å²) in [6, 6.07) is 0. The molecule has 0 radical (unpaired) electrons. The van der Waals surface area contributed by atoms with Gasteiger partial charge in [-0.3, -0.25) is 4.55 Å². The van der Waals surface area contributed by atoms with Crippen molar-refractivity contribution in [2.24, 2.45) is 0 Å². The summed E-state index contributed by atoms with van der Waals surface area (Å²) in [5.41, 5.74) is 0. The second-order valence-electron chi connectivity index (χ2n) is 1.24. The van der Waals surface area contributed by atoms with Crippen molar-refractivity contribution in [1.29, 1.82) is 0 Å².